The molecule has 1 saturated carbocycles. The number of benzene rings is 2. The van der Waals surface area contributed by atoms with Crippen molar-refractivity contribution in [2.45, 2.75) is 97.3 Å². The molecular weight excluding hydrogens is 386 g/mol. The summed E-state index contributed by atoms with van der Waals surface area (Å²) in [7, 11) is 0. The Morgan fingerprint density at radius 1 is 0.710 bits per heavy atom. The minimum absolute atomic E-state index is 0.374. The summed E-state index contributed by atoms with van der Waals surface area (Å²) in [6.45, 7) is 4.50. The average molecular weight is 427 g/mol. The lowest BCUT2D eigenvalue weighted by Crippen LogP contribution is -2.14. The lowest BCUT2D eigenvalue weighted by atomic mass is 9.78. The predicted molar refractivity (Wildman–Crippen MR) is 128 cm³/mol. The second kappa shape index (κ2) is 12.4. The molecule has 0 amide bonds. The SMILES string of the molecule is CCCCCCCc1ccc(-c2ccc(CCC3CCC(CC)CC3)c(F)c2F)cc1. The number of hydrogen-bond acceptors (Lipinski definition) is 0. The lowest BCUT2D eigenvalue weighted by molar-refractivity contribution is 0.258. The summed E-state index contributed by atoms with van der Waals surface area (Å²) in [4.78, 5) is 0. The van der Waals surface area contributed by atoms with Gasteiger partial charge in [0.2, 0.25) is 0 Å². The number of unbranched alkanes of at least 4 members (excludes halogenated alkanes) is 4. The van der Waals surface area contributed by atoms with Crippen LogP contribution in [-0.2, 0) is 12.8 Å². The van der Waals surface area contributed by atoms with Gasteiger partial charge < -0.3 is 0 Å². The quantitative estimate of drug-likeness (QED) is 0.314. The zero-order valence-electron chi connectivity index (χ0n) is 19.6. The molecule has 0 bridgehead atoms. The molecule has 2 aromatic carbocycles. The van der Waals surface area contributed by atoms with Gasteiger partial charge in [-0.1, -0.05) is 108 Å². The highest BCUT2D eigenvalue weighted by Gasteiger charge is 2.21. The van der Waals surface area contributed by atoms with Gasteiger partial charge in [0.05, 0.1) is 0 Å². The summed E-state index contributed by atoms with van der Waals surface area (Å²) < 4.78 is 29.6. The molecule has 0 spiro atoms. The van der Waals surface area contributed by atoms with E-state index in [4.69, 9.17) is 0 Å². The normalized spacial score (nSPS) is 19.0. The zero-order chi connectivity index (χ0) is 22.1. The van der Waals surface area contributed by atoms with Crippen LogP contribution in [0.15, 0.2) is 36.4 Å². The van der Waals surface area contributed by atoms with E-state index in [-0.39, 0.29) is 0 Å². The summed E-state index contributed by atoms with van der Waals surface area (Å²) >= 11 is 0. The van der Waals surface area contributed by atoms with Crippen molar-refractivity contribution in [3.8, 4) is 11.1 Å². The Kier molecular flexibility index (Phi) is 9.55. The van der Waals surface area contributed by atoms with Crippen molar-refractivity contribution in [2.24, 2.45) is 11.8 Å². The van der Waals surface area contributed by atoms with Gasteiger partial charge in [0, 0.05) is 5.56 Å². The Morgan fingerprint density at radius 2 is 1.39 bits per heavy atom. The van der Waals surface area contributed by atoms with E-state index in [2.05, 4.69) is 26.0 Å². The fraction of sp³-hybridized carbons (Fsp3) is 0.586. The molecular formula is C29H40F2. The molecule has 0 heterocycles. The van der Waals surface area contributed by atoms with E-state index >= 15 is 0 Å². The van der Waals surface area contributed by atoms with Gasteiger partial charge in [-0.25, -0.2) is 8.78 Å². The van der Waals surface area contributed by atoms with Gasteiger partial charge in [-0.2, -0.15) is 0 Å². The minimum atomic E-state index is -0.695. The first-order valence-electron chi connectivity index (χ1n) is 12.7. The smallest absolute Gasteiger partial charge is 0.166 e. The Hall–Kier alpha value is -1.70. The Bertz CT molecular complexity index is 785. The molecule has 0 N–H and O–H groups in total. The summed E-state index contributed by atoms with van der Waals surface area (Å²) in [5, 5.41) is 0. The molecule has 2 heteroatoms. The Labute approximate surface area is 188 Å². The van der Waals surface area contributed by atoms with Crippen LogP contribution in [0.1, 0.15) is 95.6 Å². The molecule has 0 atom stereocenters. The molecule has 0 radical (unpaired) electrons. The minimum Gasteiger partial charge on any atom is -0.203 e. The first kappa shape index (κ1) is 24.0. The van der Waals surface area contributed by atoms with E-state index in [1.807, 2.05) is 12.1 Å². The van der Waals surface area contributed by atoms with Crippen LogP contribution >= 0.6 is 0 Å². The van der Waals surface area contributed by atoms with Crippen LogP contribution in [0, 0.1) is 23.5 Å². The number of halogens is 2. The largest absolute Gasteiger partial charge is 0.203 e. The van der Waals surface area contributed by atoms with E-state index < -0.39 is 11.6 Å². The van der Waals surface area contributed by atoms with E-state index in [0.717, 1.165) is 24.3 Å². The molecule has 2 aromatic rings. The van der Waals surface area contributed by atoms with E-state index in [1.165, 1.54) is 69.8 Å². The molecule has 0 nitrogen and oxygen atoms in total. The van der Waals surface area contributed by atoms with Crippen molar-refractivity contribution in [1.82, 2.24) is 0 Å². The third kappa shape index (κ3) is 6.89. The van der Waals surface area contributed by atoms with Crippen molar-refractivity contribution in [3.05, 3.63) is 59.2 Å². The second-order valence-electron chi connectivity index (χ2n) is 9.60. The average Bonchev–Trinajstić information content (AvgIpc) is 2.81. The van der Waals surface area contributed by atoms with Gasteiger partial charge in [0.15, 0.2) is 11.6 Å². The van der Waals surface area contributed by atoms with Gasteiger partial charge in [-0.3, -0.25) is 0 Å². The summed E-state index contributed by atoms with van der Waals surface area (Å²) in [5.74, 6) is 0.191. The second-order valence-corrected chi connectivity index (χ2v) is 9.60. The van der Waals surface area contributed by atoms with Crippen molar-refractivity contribution >= 4 is 0 Å². The highest BCUT2D eigenvalue weighted by Crippen LogP contribution is 2.34. The number of hydrogen-bond donors (Lipinski definition) is 0. The Morgan fingerprint density at radius 3 is 2.06 bits per heavy atom. The molecule has 0 aliphatic heterocycles. The maximum atomic E-state index is 14.9. The van der Waals surface area contributed by atoms with Crippen LogP contribution in [0.3, 0.4) is 0 Å². The maximum Gasteiger partial charge on any atom is 0.166 e. The van der Waals surface area contributed by atoms with Crippen molar-refractivity contribution < 1.29 is 8.78 Å². The van der Waals surface area contributed by atoms with Gasteiger partial charge in [0.25, 0.3) is 0 Å². The van der Waals surface area contributed by atoms with Gasteiger partial charge >= 0.3 is 0 Å². The topological polar surface area (TPSA) is 0 Å². The lowest BCUT2D eigenvalue weighted by Gasteiger charge is -2.27. The third-order valence-electron chi connectivity index (χ3n) is 7.36. The van der Waals surface area contributed by atoms with E-state index in [1.54, 1.807) is 12.1 Å². The third-order valence-corrected chi connectivity index (χ3v) is 7.36. The highest BCUT2D eigenvalue weighted by atomic mass is 19.2. The van der Waals surface area contributed by atoms with Crippen LogP contribution in [0.2, 0.25) is 0 Å². The molecule has 1 fully saturated rings. The number of rotatable bonds is 11. The highest BCUT2D eigenvalue weighted by molar-refractivity contribution is 5.65. The fourth-order valence-corrected chi connectivity index (χ4v) is 5.08. The molecule has 170 valence electrons. The van der Waals surface area contributed by atoms with Crippen LogP contribution in [0.25, 0.3) is 11.1 Å². The monoisotopic (exact) mass is 426 g/mol. The first-order valence-corrected chi connectivity index (χ1v) is 12.7. The van der Waals surface area contributed by atoms with Crippen LogP contribution in [0.5, 0.6) is 0 Å². The Balaban J connectivity index is 1.56. The molecule has 1 aliphatic rings. The molecule has 0 aromatic heterocycles. The predicted octanol–water partition coefficient (Wildman–Crippen LogP) is 9.29. The van der Waals surface area contributed by atoms with Gasteiger partial charge in [0.1, 0.15) is 0 Å². The van der Waals surface area contributed by atoms with Crippen molar-refractivity contribution in [1.29, 1.82) is 0 Å². The van der Waals surface area contributed by atoms with Crippen molar-refractivity contribution in [2.75, 3.05) is 0 Å². The summed E-state index contributed by atoms with van der Waals surface area (Å²) in [5.41, 5.74) is 2.94. The van der Waals surface area contributed by atoms with Crippen molar-refractivity contribution in [3.63, 3.8) is 0 Å². The molecule has 0 unspecified atom stereocenters. The fourth-order valence-electron chi connectivity index (χ4n) is 5.08. The first-order chi connectivity index (χ1) is 15.1. The molecule has 1 aliphatic carbocycles. The van der Waals surface area contributed by atoms with E-state index in [9.17, 15) is 8.78 Å². The maximum absolute atomic E-state index is 14.9. The van der Waals surface area contributed by atoms with Gasteiger partial charge in [-0.15, -0.1) is 0 Å². The molecule has 3 rings (SSSR count). The molecule has 0 saturated heterocycles. The van der Waals surface area contributed by atoms with Crippen LogP contribution in [-0.4, -0.2) is 0 Å². The standard InChI is InChI=1S/C29H40F2/c1-3-5-6-7-8-9-23-14-17-25(18-15-23)27-21-20-26(28(30)29(27)31)19-16-24-12-10-22(4-2)11-13-24/h14-15,17-18,20-22,24H,3-13,16,19H2,1-2H3. The summed E-state index contributed by atoms with van der Waals surface area (Å²) in [6.07, 6.45) is 15.3. The molecule has 31 heavy (non-hydrogen) atoms. The number of aryl methyl sites for hydroxylation is 2. The zero-order valence-corrected chi connectivity index (χ0v) is 19.6. The van der Waals surface area contributed by atoms with Crippen LogP contribution < -0.4 is 0 Å². The van der Waals surface area contributed by atoms with E-state index in [0.29, 0.717) is 23.5 Å². The summed E-state index contributed by atoms with van der Waals surface area (Å²) in [6, 6.07) is 11.6. The van der Waals surface area contributed by atoms with Crippen LogP contribution in [0.4, 0.5) is 8.78 Å². The van der Waals surface area contributed by atoms with Gasteiger partial charge in [-0.05, 0) is 54.2 Å².